The maximum Gasteiger partial charge on any atom is 0.227 e. The van der Waals surface area contributed by atoms with Crippen LogP contribution in [0.5, 0.6) is 0 Å². The van der Waals surface area contributed by atoms with E-state index in [1.54, 1.807) is 36.4 Å². The fraction of sp³-hybridized carbons (Fsp3) is 0.333. The van der Waals surface area contributed by atoms with Gasteiger partial charge in [-0.05, 0) is 43.7 Å². The van der Waals surface area contributed by atoms with Gasteiger partial charge in [0.25, 0.3) is 0 Å². The van der Waals surface area contributed by atoms with Crippen molar-refractivity contribution in [3.05, 3.63) is 60.2 Å². The van der Waals surface area contributed by atoms with Gasteiger partial charge < -0.3 is 15.5 Å². The molecule has 0 aliphatic carbocycles. The van der Waals surface area contributed by atoms with E-state index in [0.29, 0.717) is 11.4 Å². The van der Waals surface area contributed by atoms with Crippen LogP contribution in [-0.2, 0) is 20.8 Å². The first kappa shape index (κ1) is 23.6. The first-order valence-corrected chi connectivity index (χ1v) is 10.3. The number of benzene rings is 2. The number of anilines is 2. The van der Waals surface area contributed by atoms with E-state index in [4.69, 9.17) is 5.26 Å². The summed E-state index contributed by atoms with van der Waals surface area (Å²) in [6.07, 6.45) is 0.570. The van der Waals surface area contributed by atoms with Crippen molar-refractivity contribution in [1.82, 2.24) is 5.32 Å². The van der Waals surface area contributed by atoms with Crippen LogP contribution < -0.4 is 15.5 Å². The zero-order valence-corrected chi connectivity index (χ0v) is 17.9. The Morgan fingerprint density at radius 3 is 2.26 bits per heavy atom. The Morgan fingerprint density at radius 2 is 1.65 bits per heavy atom. The summed E-state index contributed by atoms with van der Waals surface area (Å²) in [5.41, 5.74) is 2.16. The van der Waals surface area contributed by atoms with Gasteiger partial charge in [0, 0.05) is 36.8 Å². The Balaban J connectivity index is 1.86. The lowest BCUT2D eigenvalue weighted by atomic mass is 10.1. The highest BCUT2D eigenvalue weighted by Gasteiger charge is 2.16. The second-order valence-electron chi connectivity index (χ2n) is 7.43. The Labute approximate surface area is 183 Å². The van der Waals surface area contributed by atoms with Crippen molar-refractivity contribution in [3.8, 4) is 6.07 Å². The number of para-hydroxylation sites is 1. The number of rotatable bonds is 10. The van der Waals surface area contributed by atoms with Crippen LogP contribution >= 0.6 is 0 Å². The minimum absolute atomic E-state index is 0.0350. The molecule has 0 unspecified atom stereocenters. The first-order valence-electron chi connectivity index (χ1n) is 10.3. The minimum Gasteiger partial charge on any atom is -0.354 e. The third-order valence-corrected chi connectivity index (χ3v) is 4.43. The van der Waals surface area contributed by atoms with Crippen LogP contribution in [0.2, 0.25) is 0 Å². The Hall–Kier alpha value is -3.66. The molecule has 0 saturated heterocycles. The quantitative estimate of drug-likeness (QED) is 0.615. The van der Waals surface area contributed by atoms with E-state index in [-0.39, 0.29) is 56.0 Å². The fourth-order valence-electron chi connectivity index (χ4n) is 3.01. The number of carbonyl (C=O) groups is 3. The molecule has 0 heterocycles. The number of nitrogens with zero attached hydrogens (tertiary/aromatic N) is 2. The van der Waals surface area contributed by atoms with E-state index in [1.807, 2.05) is 38.1 Å². The summed E-state index contributed by atoms with van der Waals surface area (Å²) in [6.45, 7) is 4.10. The van der Waals surface area contributed by atoms with Crippen molar-refractivity contribution in [2.75, 3.05) is 16.8 Å². The van der Waals surface area contributed by atoms with Crippen molar-refractivity contribution in [2.45, 2.75) is 45.6 Å². The third kappa shape index (κ3) is 8.31. The van der Waals surface area contributed by atoms with E-state index in [2.05, 4.69) is 10.6 Å². The monoisotopic (exact) mass is 420 g/mol. The van der Waals surface area contributed by atoms with Crippen molar-refractivity contribution in [2.24, 2.45) is 0 Å². The molecule has 7 heteroatoms. The average molecular weight is 421 g/mol. The van der Waals surface area contributed by atoms with Crippen molar-refractivity contribution >= 4 is 29.1 Å². The van der Waals surface area contributed by atoms with Crippen molar-refractivity contribution < 1.29 is 14.4 Å². The average Bonchev–Trinajstić information content (AvgIpc) is 2.74. The Kier molecular flexibility index (Phi) is 9.24. The fourth-order valence-corrected chi connectivity index (χ4v) is 3.01. The molecule has 0 aliphatic heterocycles. The van der Waals surface area contributed by atoms with Crippen LogP contribution in [0.3, 0.4) is 0 Å². The molecule has 0 aliphatic rings. The van der Waals surface area contributed by atoms with E-state index < -0.39 is 0 Å². The number of hydrogen-bond acceptors (Lipinski definition) is 4. The number of amides is 3. The van der Waals surface area contributed by atoms with Gasteiger partial charge in [-0.25, -0.2) is 0 Å². The molecular weight excluding hydrogens is 392 g/mol. The van der Waals surface area contributed by atoms with Crippen LogP contribution in [0.25, 0.3) is 0 Å². The topological polar surface area (TPSA) is 102 Å². The predicted octanol–water partition coefficient (Wildman–Crippen LogP) is 3.42. The first-order chi connectivity index (χ1) is 14.9. The molecule has 162 valence electrons. The molecule has 0 spiro atoms. The molecule has 7 nitrogen and oxygen atoms in total. The van der Waals surface area contributed by atoms with Crippen LogP contribution in [0.1, 0.15) is 38.7 Å². The molecule has 3 amide bonds. The van der Waals surface area contributed by atoms with Crippen LogP contribution in [0.4, 0.5) is 11.4 Å². The highest BCUT2D eigenvalue weighted by molar-refractivity contribution is 5.98. The van der Waals surface area contributed by atoms with Gasteiger partial charge in [0.05, 0.1) is 18.9 Å². The zero-order chi connectivity index (χ0) is 22.6. The largest absolute Gasteiger partial charge is 0.354 e. The molecule has 0 radical (unpaired) electrons. The summed E-state index contributed by atoms with van der Waals surface area (Å²) in [4.78, 5) is 38.3. The van der Waals surface area contributed by atoms with E-state index in [1.165, 1.54) is 4.90 Å². The standard InChI is InChI=1S/C24H28N4O3/c1-18(2)26-23(30)17-19-9-11-20(12-10-19)27-22(29)13-14-24(31)28(16-6-15-25)21-7-4-3-5-8-21/h3-5,7-12,18H,6,13-14,16-17H2,1-2H3,(H,26,30)(H,27,29). The van der Waals surface area contributed by atoms with E-state index >= 15 is 0 Å². The molecule has 0 aromatic heterocycles. The second-order valence-corrected chi connectivity index (χ2v) is 7.43. The lowest BCUT2D eigenvalue weighted by molar-refractivity contribution is -0.122. The van der Waals surface area contributed by atoms with Gasteiger partial charge in [0.2, 0.25) is 17.7 Å². The molecule has 2 N–H and O–H groups in total. The summed E-state index contributed by atoms with van der Waals surface area (Å²) >= 11 is 0. The molecule has 0 saturated carbocycles. The molecular formula is C24H28N4O3. The Morgan fingerprint density at radius 1 is 0.968 bits per heavy atom. The summed E-state index contributed by atoms with van der Waals surface area (Å²) in [6, 6.07) is 18.3. The maximum atomic E-state index is 12.6. The molecule has 2 rings (SSSR count). The normalized spacial score (nSPS) is 10.3. The summed E-state index contributed by atoms with van der Waals surface area (Å²) in [7, 11) is 0. The van der Waals surface area contributed by atoms with Gasteiger partial charge in [0.1, 0.15) is 0 Å². The van der Waals surface area contributed by atoms with Gasteiger partial charge >= 0.3 is 0 Å². The van der Waals surface area contributed by atoms with Gasteiger partial charge in [-0.3, -0.25) is 14.4 Å². The maximum absolute atomic E-state index is 12.6. The number of hydrogen-bond donors (Lipinski definition) is 2. The molecule has 0 fully saturated rings. The Bertz CT molecular complexity index is 918. The van der Waals surface area contributed by atoms with Gasteiger partial charge in [-0.15, -0.1) is 0 Å². The zero-order valence-electron chi connectivity index (χ0n) is 17.9. The molecule has 2 aromatic carbocycles. The van der Waals surface area contributed by atoms with E-state index in [0.717, 1.165) is 5.56 Å². The lowest BCUT2D eigenvalue weighted by Crippen LogP contribution is -2.32. The number of carbonyl (C=O) groups excluding carboxylic acids is 3. The van der Waals surface area contributed by atoms with Gasteiger partial charge in [-0.1, -0.05) is 30.3 Å². The van der Waals surface area contributed by atoms with Crippen molar-refractivity contribution in [1.29, 1.82) is 5.26 Å². The smallest absolute Gasteiger partial charge is 0.227 e. The highest BCUT2D eigenvalue weighted by Crippen LogP contribution is 2.16. The number of nitriles is 1. The summed E-state index contributed by atoms with van der Waals surface area (Å²) < 4.78 is 0. The molecule has 2 aromatic rings. The molecule has 0 bridgehead atoms. The van der Waals surface area contributed by atoms with Gasteiger partial charge in [-0.2, -0.15) is 5.26 Å². The van der Waals surface area contributed by atoms with Crippen LogP contribution in [0, 0.1) is 11.3 Å². The minimum atomic E-state index is -0.271. The summed E-state index contributed by atoms with van der Waals surface area (Å²) in [5.74, 6) is -0.528. The highest BCUT2D eigenvalue weighted by atomic mass is 16.2. The van der Waals surface area contributed by atoms with Crippen molar-refractivity contribution in [3.63, 3.8) is 0 Å². The van der Waals surface area contributed by atoms with Gasteiger partial charge in [0.15, 0.2) is 0 Å². The van der Waals surface area contributed by atoms with Crippen LogP contribution in [-0.4, -0.2) is 30.3 Å². The second kappa shape index (κ2) is 12.1. The van der Waals surface area contributed by atoms with Crippen LogP contribution in [0.15, 0.2) is 54.6 Å². The lowest BCUT2D eigenvalue weighted by Gasteiger charge is -2.21. The van der Waals surface area contributed by atoms with E-state index in [9.17, 15) is 14.4 Å². The molecule has 31 heavy (non-hydrogen) atoms. The SMILES string of the molecule is CC(C)NC(=O)Cc1ccc(NC(=O)CCC(=O)N(CCC#N)c2ccccc2)cc1. The summed E-state index contributed by atoms with van der Waals surface area (Å²) in [5, 5.41) is 14.5. The number of nitrogens with one attached hydrogen (secondary N) is 2. The molecule has 0 atom stereocenters. The third-order valence-electron chi connectivity index (χ3n) is 4.43. The predicted molar refractivity (Wildman–Crippen MR) is 120 cm³/mol.